The average molecular weight is 838 g/mol. The van der Waals surface area contributed by atoms with Gasteiger partial charge >= 0.3 is 19.5 Å². The van der Waals surface area contributed by atoms with E-state index in [9.17, 15) is 0 Å². The van der Waals surface area contributed by atoms with Crippen molar-refractivity contribution in [3.8, 4) is 69.2 Å². The first-order chi connectivity index (χ1) is 28.9. The molecule has 0 saturated carbocycles. The minimum atomic E-state index is 0. The van der Waals surface area contributed by atoms with Gasteiger partial charge in [-0.05, 0) is 115 Å². The molecule has 5 heteroatoms. The summed E-state index contributed by atoms with van der Waals surface area (Å²) in [6.07, 6.45) is 20.0. The molecule has 7 aromatic rings. The Bertz CT molecular complexity index is 2910. The van der Waals surface area contributed by atoms with Gasteiger partial charge in [0.15, 0.2) is 0 Å². The third-order valence-corrected chi connectivity index (χ3v) is 11.4. The van der Waals surface area contributed by atoms with Gasteiger partial charge in [0.1, 0.15) is 0 Å². The molecule has 8 bridgehead atoms. The zero-order chi connectivity index (χ0) is 41.8. The van der Waals surface area contributed by atoms with Crippen molar-refractivity contribution >= 4 is 46.4 Å². The first-order valence-corrected chi connectivity index (χ1v) is 20.3. The van der Waals surface area contributed by atoms with E-state index in [0.717, 1.165) is 100 Å². The monoisotopic (exact) mass is 836 g/mol. The van der Waals surface area contributed by atoms with Gasteiger partial charge in [-0.25, -0.2) is 9.97 Å². The third kappa shape index (κ3) is 7.87. The molecular formula is C56H44N4Zn. The molecule has 0 amide bonds. The number of hydrogen-bond donors (Lipinski definition) is 0. The summed E-state index contributed by atoms with van der Waals surface area (Å²) >= 11 is 0. The molecule has 2 aliphatic heterocycles. The molecule has 4 aromatic carbocycles. The van der Waals surface area contributed by atoms with E-state index in [2.05, 4.69) is 175 Å². The van der Waals surface area contributed by atoms with Crippen molar-refractivity contribution in [2.45, 2.75) is 52.4 Å². The zero-order valence-corrected chi connectivity index (χ0v) is 38.5. The number of fused-ring (bicyclic) bond motifs is 8. The van der Waals surface area contributed by atoms with Crippen LogP contribution in [-0.4, -0.2) is 9.97 Å². The molecular weight excluding hydrogens is 794 g/mol. The van der Waals surface area contributed by atoms with Crippen LogP contribution >= 0.6 is 0 Å². The SMILES string of the molecule is C#Cc1ccc(-c2c3nc(c(-c4ccc(C(C)(C)C)cc4)c4ccc([n-]4)c(-c4ccc(C#C)cc4)c4nc(c(-c5ccc(C(C)(C)C)cc5)c5ccc2[n-]5)C=C4)C=C3)cc1.[Zn+2]. The summed E-state index contributed by atoms with van der Waals surface area (Å²) in [5.74, 6) is 5.52. The maximum Gasteiger partial charge on any atom is 2.00 e. The number of terminal acetylenes is 2. The van der Waals surface area contributed by atoms with Crippen LogP contribution in [0.25, 0.3) is 90.9 Å². The largest absolute Gasteiger partial charge is 2.00 e. The van der Waals surface area contributed by atoms with Crippen LogP contribution in [0.5, 0.6) is 0 Å². The topological polar surface area (TPSA) is 54.0 Å². The van der Waals surface area contributed by atoms with Gasteiger partial charge < -0.3 is 9.97 Å². The molecule has 9 rings (SSSR count). The summed E-state index contributed by atoms with van der Waals surface area (Å²) < 4.78 is 0. The Kier molecular flexibility index (Phi) is 10.8. The van der Waals surface area contributed by atoms with Gasteiger partial charge in [-0.3, -0.25) is 0 Å². The van der Waals surface area contributed by atoms with Gasteiger partial charge in [-0.15, -0.1) is 34.9 Å². The van der Waals surface area contributed by atoms with Gasteiger partial charge in [0, 0.05) is 11.1 Å². The summed E-state index contributed by atoms with van der Waals surface area (Å²) in [4.78, 5) is 21.7. The van der Waals surface area contributed by atoms with E-state index in [1.165, 1.54) is 11.1 Å². The van der Waals surface area contributed by atoms with Crippen molar-refractivity contribution in [2.75, 3.05) is 0 Å². The Morgan fingerprint density at radius 2 is 0.623 bits per heavy atom. The van der Waals surface area contributed by atoms with Crippen molar-refractivity contribution in [3.63, 3.8) is 0 Å². The van der Waals surface area contributed by atoms with E-state index in [4.69, 9.17) is 32.8 Å². The first kappa shape index (κ1) is 41.0. The van der Waals surface area contributed by atoms with Gasteiger partial charge in [0.05, 0.1) is 22.8 Å². The van der Waals surface area contributed by atoms with E-state index < -0.39 is 0 Å². The van der Waals surface area contributed by atoms with Crippen molar-refractivity contribution in [1.82, 2.24) is 19.9 Å². The molecule has 0 N–H and O–H groups in total. The Balaban J connectivity index is 0.00000514. The Labute approximate surface area is 371 Å². The minimum absolute atomic E-state index is 0. The second kappa shape index (κ2) is 16.0. The average Bonchev–Trinajstić information content (AvgIpc) is 4.09. The fourth-order valence-corrected chi connectivity index (χ4v) is 8.01. The second-order valence-corrected chi connectivity index (χ2v) is 17.5. The summed E-state index contributed by atoms with van der Waals surface area (Å²) in [5, 5.41) is 0. The van der Waals surface area contributed by atoms with Crippen LogP contribution in [0.4, 0.5) is 0 Å². The smallest absolute Gasteiger partial charge is 0.657 e. The Hall–Kier alpha value is -6.78. The third-order valence-electron chi connectivity index (χ3n) is 11.4. The number of benzene rings is 4. The van der Waals surface area contributed by atoms with Crippen molar-refractivity contribution in [2.24, 2.45) is 0 Å². The van der Waals surface area contributed by atoms with Crippen LogP contribution in [0.15, 0.2) is 121 Å². The van der Waals surface area contributed by atoms with E-state index in [1.54, 1.807) is 0 Å². The molecule has 5 heterocycles. The molecule has 0 spiro atoms. The van der Waals surface area contributed by atoms with Crippen LogP contribution in [0.3, 0.4) is 0 Å². The van der Waals surface area contributed by atoms with Crippen LogP contribution in [0.1, 0.15) is 86.6 Å². The van der Waals surface area contributed by atoms with E-state index in [-0.39, 0.29) is 30.3 Å². The second-order valence-electron chi connectivity index (χ2n) is 17.5. The standard InChI is InChI=1S/C56H44N4.Zn/c1-9-35-11-15-37(16-12-35)51-43-27-31-47(57-43)53(39-19-23-41(24-20-39)55(3,4)5)49-33-29-45(59-49)52(38-17-13-36(10-2)14-18-38)46-30-34-50(60-46)54(48-32-28-44(51)58-48)40-21-25-42(26-22-40)56(6,7)8;/h1-2,11-34H,3-8H3;/q-2;+2. The van der Waals surface area contributed by atoms with Crippen LogP contribution in [-0.2, 0) is 30.3 Å². The molecule has 61 heavy (non-hydrogen) atoms. The summed E-state index contributed by atoms with van der Waals surface area (Å²) in [7, 11) is 0. The number of nitrogens with zero attached hydrogens (tertiary/aromatic N) is 4. The normalized spacial score (nSPS) is 12.1. The summed E-state index contributed by atoms with van der Waals surface area (Å²) in [6.45, 7) is 13.4. The molecule has 4 nitrogen and oxygen atoms in total. The molecule has 0 unspecified atom stereocenters. The van der Waals surface area contributed by atoms with Crippen LogP contribution in [0, 0.1) is 24.7 Å². The predicted molar refractivity (Wildman–Crippen MR) is 252 cm³/mol. The van der Waals surface area contributed by atoms with Gasteiger partial charge in [0.25, 0.3) is 0 Å². The molecule has 0 fully saturated rings. The minimum Gasteiger partial charge on any atom is -0.657 e. The van der Waals surface area contributed by atoms with Crippen LogP contribution < -0.4 is 9.97 Å². The first-order valence-electron chi connectivity index (χ1n) is 20.3. The molecule has 3 aromatic heterocycles. The maximum atomic E-state index is 5.80. The molecule has 0 saturated heterocycles. The fraction of sp³-hybridized carbons (Fsp3) is 0.143. The quantitative estimate of drug-likeness (QED) is 0.131. The van der Waals surface area contributed by atoms with Crippen molar-refractivity contribution in [3.05, 3.63) is 166 Å². The number of aromatic nitrogens is 4. The molecule has 0 aliphatic carbocycles. The fourth-order valence-electron chi connectivity index (χ4n) is 8.01. The van der Waals surface area contributed by atoms with Crippen LogP contribution in [0.2, 0.25) is 0 Å². The van der Waals surface area contributed by atoms with E-state index in [0.29, 0.717) is 0 Å². The van der Waals surface area contributed by atoms with Crippen molar-refractivity contribution < 1.29 is 19.5 Å². The van der Waals surface area contributed by atoms with Gasteiger partial charge in [-0.2, -0.15) is 0 Å². The predicted octanol–water partition coefficient (Wildman–Crippen LogP) is 13.1. The Morgan fingerprint density at radius 1 is 0.377 bits per heavy atom. The molecule has 0 atom stereocenters. The molecule has 0 radical (unpaired) electrons. The maximum absolute atomic E-state index is 5.80. The number of rotatable bonds is 4. The number of hydrogen-bond acceptors (Lipinski definition) is 2. The molecule has 290 valence electrons. The van der Waals surface area contributed by atoms with E-state index in [1.807, 2.05) is 24.3 Å². The van der Waals surface area contributed by atoms with Gasteiger partial charge in [0.2, 0.25) is 0 Å². The van der Waals surface area contributed by atoms with Gasteiger partial charge in [-0.1, -0.05) is 150 Å². The summed E-state index contributed by atoms with van der Waals surface area (Å²) in [5.41, 5.74) is 18.3. The van der Waals surface area contributed by atoms with E-state index >= 15 is 0 Å². The summed E-state index contributed by atoms with van der Waals surface area (Å²) in [6, 6.07) is 42.0. The molecule has 2 aliphatic rings. The van der Waals surface area contributed by atoms with Crippen molar-refractivity contribution in [1.29, 1.82) is 0 Å². The zero-order valence-electron chi connectivity index (χ0n) is 35.5. The Morgan fingerprint density at radius 3 is 0.852 bits per heavy atom.